The van der Waals surface area contributed by atoms with Crippen LogP contribution in [-0.2, 0) is 14.3 Å². The molecule has 9 nitrogen and oxygen atoms in total. The second-order valence-electron chi connectivity index (χ2n) is 12.6. The number of likely N-dealkylation sites (tertiary alicyclic amines) is 2. The van der Waals surface area contributed by atoms with Gasteiger partial charge in [-0.1, -0.05) is 29.3 Å². The molecule has 11 heteroatoms. The summed E-state index contributed by atoms with van der Waals surface area (Å²) in [6, 6.07) is 13.2. The first-order valence-corrected chi connectivity index (χ1v) is 16.4. The van der Waals surface area contributed by atoms with Gasteiger partial charge in [0.1, 0.15) is 5.60 Å². The fourth-order valence-electron chi connectivity index (χ4n) is 6.88. The molecule has 3 aliphatic heterocycles. The molecule has 3 heterocycles. The second-order valence-corrected chi connectivity index (χ2v) is 13.4. The van der Waals surface area contributed by atoms with Gasteiger partial charge in [0, 0.05) is 75.4 Å². The van der Waals surface area contributed by atoms with Crippen LogP contribution in [-0.4, -0.2) is 109 Å². The maximum absolute atomic E-state index is 13.8. The summed E-state index contributed by atoms with van der Waals surface area (Å²) >= 11 is 12.7. The van der Waals surface area contributed by atoms with Crippen molar-refractivity contribution in [2.24, 2.45) is 5.92 Å². The molecule has 4 fully saturated rings. The average Bonchev–Trinajstić information content (AvgIpc) is 3.83. The van der Waals surface area contributed by atoms with E-state index in [0.29, 0.717) is 87.1 Å². The van der Waals surface area contributed by atoms with Crippen molar-refractivity contribution in [1.82, 2.24) is 14.7 Å². The first-order chi connectivity index (χ1) is 21.1. The molecular weight excluding hydrogens is 603 g/mol. The Bertz CT molecular complexity index is 1390. The van der Waals surface area contributed by atoms with E-state index in [4.69, 9.17) is 27.9 Å². The zero-order chi connectivity index (χ0) is 31.0. The van der Waals surface area contributed by atoms with Gasteiger partial charge in [-0.15, -0.1) is 0 Å². The minimum Gasteiger partial charge on any atom is -0.380 e. The van der Waals surface area contributed by atoms with Crippen LogP contribution in [0.4, 0.5) is 5.69 Å². The molecule has 2 atom stereocenters. The molecule has 0 aromatic heterocycles. The van der Waals surface area contributed by atoms with E-state index in [9.17, 15) is 19.5 Å². The molecule has 1 saturated carbocycles. The monoisotopic (exact) mass is 642 g/mol. The van der Waals surface area contributed by atoms with Gasteiger partial charge in [-0.05, 0) is 74.1 Å². The molecular formula is C33H40Cl2N4O5. The number of rotatable bonds is 6. The Morgan fingerprint density at radius 3 is 2.18 bits per heavy atom. The predicted molar refractivity (Wildman–Crippen MR) is 169 cm³/mol. The van der Waals surface area contributed by atoms with E-state index >= 15 is 0 Å². The van der Waals surface area contributed by atoms with Crippen LogP contribution < -0.4 is 4.90 Å². The highest BCUT2D eigenvalue weighted by atomic mass is 35.5. The Morgan fingerprint density at radius 2 is 1.55 bits per heavy atom. The molecule has 6 rings (SSSR count). The standard InChI is InChI=1S/C33H40Cl2N4O5/c1-36(30(40)22-2-5-25(6-3-22)37-16-18-44-19-17-37)29-10-15-39(21-26(29)24-4-7-27(34)28(35)20-24)31(41)23-8-13-38(14-9-23)32(42)33(43)11-12-33/h2-7,20,23,26,29,43H,8-19,21H2,1H3/t26-,29+/m0/s1. The van der Waals surface area contributed by atoms with Gasteiger partial charge in [0.15, 0.2) is 0 Å². The van der Waals surface area contributed by atoms with Crippen molar-refractivity contribution in [3.8, 4) is 0 Å². The molecule has 4 aliphatic rings. The van der Waals surface area contributed by atoms with Gasteiger partial charge in [0.25, 0.3) is 11.8 Å². The summed E-state index contributed by atoms with van der Waals surface area (Å²) in [4.78, 5) is 47.8. The number of likely N-dealkylation sites (N-methyl/N-ethyl adjacent to an activating group) is 1. The predicted octanol–water partition coefficient (Wildman–Crippen LogP) is 4.05. The smallest absolute Gasteiger partial charge is 0.254 e. The molecule has 0 bridgehead atoms. The number of hydrogen-bond acceptors (Lipinski definition) is 6. The van der Waals surface area contributed by atoms with Crippen molar-refractivity contribution in [3.05, 3.63) is 63.6 Å². The quantitative estimate of drug-likeness (QED) is 0.511. The lowest BCUT2D eigenvalue weighted by molar-refractivity contribution is -0.147. The number of carbonyl (C=O) groups excluding carboxylic acids is 3. The summed E-state index contributed by atoms with van der Waals surface area (Å²) in [5.41, 5.74) is 1.45. The van der Waals surface area contributed by atoms with Crippen LogP contribution in [0.3, 0.4) is 0 Å². The number of hydrogen-bond donors (Lipinski definition) is 1. The van der Waals surface area contributed by atoms with Crippen molar-refractivity contribution in [2.45, 2.75) is 49.7 Å². The Morgan fingerprint density at radius 1 is 0.886 bits per heavy atom. The number of ether oxygens (including phenoxy) is 1. The van der Waals surface area contributed by atoms with Gasteiger partial charge in [-0.2, -0.15) is 0 Å². The van der Waals surface area contributed by atoms with E-state index in [0.717, 1.165) is 24.3 Å². The third-order valence-electron chi connectivity index (χ3n) is 9.82. The molecule has 0 radical (unpaired) electrons. The number of halogens is 2. The number of carbonyl (C=O) groups is 3. The third kappa shape index (κ3) is 6.43. The highest BCUT2D eigenvalue weighted by Crippen LogP contribution is 2.39. The molecule has 44 heavy (non-hydrogen) atoms. The molecule has 2 aromatic rings. The minimum atomic E-state index is -1.18. The number of piperidine rings is 2. The lowest BCUT2D eigenvalue weighted by Crippen LogP contribution is -2.54. The molecule has 3 saturated heterocycles. The van der Waals surface area contributed by atoms with Crippen LogP contribution >= 0.6 is 23.2 Å². The van der Waals surface area contributed by atoms with E-state index in [-0.39, 0.29) is 35.6 Å². The summed E-state index contributed by atoms with van der Waals surface area (Å²) in [6.45, 7) is 5.00. The lowest BCUT2D eigenvalue weighted by Gasteiger charge is -2.44. The SMILES string of the molecule is CN(C(=O)c1ccc(N2CCOCC2)cc1)[C@@H]1CCN(C(=O)C2CCN(C(=O)C3(O)CC3)CC2)C[C@H]1c1ccc(Cl)c(Cl)c1. The van der Waals surface area contributed by atoms with Gasteiger partial charge in [-0.3, -0.25) is 14.4 Å². The van der Waals surface area contributed by atoms with Crippen LogP contribution in [0, 0.1) is 5.92 Å². The van der Waals surface area contributed by atoms with E-state index in [1.165, 1.54) is 0 Å². The first kappa shape index (κ1) is 31.1. The third-order valence-corrected chi connectivity index (χ3v) is 10.6. The molecule has 236 valence electrons. The Kier molecular flexibility index (Phi) is 9.11. The highest BCUT2D eigenvalue weighted by molar-refractivity contribution is 6.42. The Balaban J connectivity index is 1.15. The molecule has 1 N–H and O–H groups in total. The van der Waals surface area contributed by atoms with Crippen LogP contribution in [0.2, 0.25) is 10.0 Å². The number of amides is 3. The Labute approximate surface area is 268 Å². The van der Waals surface area contributed by atoms with Gasteiger partial charge in [0.05, 0.1) is 23.3 Å². The molecule has 1 aliphatic carbocycles. The number of benzene rings is 2. The zero-order valence-electron chi connectivity index (χ0n) is 25.1. The van der Waals surface area contributed by atoms with Crippen LogP contribution in [0.25, 0.3) is 0 Å². The second kappa shape index (κ2) is 12.9. The summed E-state index contributed by atoms with van der Waals surface area (Å²) < 4.78 is 5.46. The number of nitrogens with zero attached hydrogens (tertiary/aromatic N) is 4. The summed E-state index contributed by atoms with van der Waals surface area (Å²) in [7, 11) is 1.84. The largest absolute Gasteiger partial charge is 0.380 e. The highest BCUT2D eigenvalue weighted by Gasteiger charge is 2.51. The van der Waals surface area contributed by atoms with Crippen LogP contribution in [0.15, 0.2) is 42.5 Å². The minimum absolute atomic E-state index is 0.0669. The first-order valence-electron chi connectivity index (χ1n) is 15.6. The number of aliphatic hydroxyl groups is 1. The number of anilines is 1. The molecule has 2 aromatic carbocycles. The van der Waals surface area contributed by atoms with Crippen molar-refractivity contribution < 1.29 is 24.2 Å². The molecule has 0 unspecified atom stereocenters. The van der Waals surface area contributed by atoms with Gasteiger partial charge in [-0.25, -0.2) is 0 Å². The topological polar surface area (TPSA) is 93.6 Å². The van der Waals surface area contributed by atoms with Crippen molar-refractivity contribution in [3.63, 3.8) is 0 Å². The fourth-order valence-corrected chi connectivity index (χ4v) is 7.19. The lowest BCUT2D eigenvalue weighted by atomic mass is 9.83. The summed E-state index contributed by atoms with van der Waals surface area (Å²) in [5.74, 6) is -0.522. The summed E-state index contributed by atoms with van der Waals surface area (Å²) in [5, 5.41) is 11.1. The van der Waals surface area contributed by atoms with E-state index in [1.807, 2.05) is 53.2 Å². The summed E-state index contributed by atoms with van der Waals surface area (Å²) in [6.07, 6.45) is 2.82. The molecule has 0 spiro atoms. The fraction of sp³-hybridized carbons (Fsp3) is 0.545. The maximum atomic E-state index is 13.8. The van der Waals surface area contributed by atoms with Gasteiger partial charge < -0.3 is 29.4 Å². The zero-order valence-corrected chi connectivity index (χ0v) is 26.6. The molecule has 3 amide bonds. The normalized spacial score (nSPS) is 23.8. The number of morpholine rings is 1. The van der Waals surface area contributed by atoms with E-state index < -0.39 is 5.60 Å². The Hall–Kier alpha value is -2.85. The van der Waals surface area contributed by atoms with Crippen molar-refractivity contribution in [1.29, 1.82) is 0 Å². The van der Waals surface area contributed by atoms with E-state index in [1.54, 1.807) is 11.0 Å². The van der Waals surface area contributed by atoms with Gasteiger partial charge >= 0.3 is 0 Å². The average molecular weight is 644 g/mol. The van der Waals surface area contributed by atoms with Gasteiger partial charge in [0.2, 0.25) is 5.91 Å². The van der Waals surface area contributed by atoms with Crippen molar-refractivity contribution >= 4 is 46.6 Å². The van der Waals surface area contributed by atoms with E-state index in [2.05, 4.69) is 4.90 Å². The maximum Gasteiger partial charge on any atom is 0.254 e. The van der Waals surface area contributed by atoms with Crippen LogP contribution in [0.1, 0.15) is 53.9 Å². The van der Waals surface area contributed by atoms with Crippen LogP contribution in [0.5, 0.6) is 0 Å². The van der Waals surface area contributed by atoms with Crippen molar-refractivity contribution in [2.75, 3.05) is 64.4 Å².